The molecule has 9 atom stereocenters. The van der Waals surface area contributed by atoms with Crippen molar-refractivity contribution in [3.8, 4) is 0 Å². The van der Waals surface area contributed by atoms with Crippen LogP contribution in [0, 0.1) is 57.6 Å². The summed E-state index contributed by atoms with van der Waals surface area (Å²) in [4.78, 5) is 15.9. The highest BCUT2D eigenvalue weighted by Crippen LogP contribution is 2.68. The van der Waals surface area contributed by atoms with Crippen LogP contribution in [-0.2, 0) is 4.79 Å². The second-order valence-corrected chi connectivity index (χ2v) is 12.7. The normalized spacial score (nSPS) is 46.6. The van der Waals surface area contributed by atoms with E-state index in [1.807, 2.05) is 0 Å². The molecule has 0 saturated heterocycles. The third-order valence-corrected chi connectivity index (χ3v) is 10.9. The van der Waals surface area contributed by atoms with Crippen LogP contribution in [0.15, 0.2) is 0 Å². The lowest BCUT2D eigenvalue weighted by Gasteiger charge is -2.60. The first-order chi connectivity index (χ1) is 14.2. The van der Waals surface area contributed by atoms with E-state index in [4.69, 9.17) is 0 Å². The van der Waals surface area contributed by atoms with Crippen molar-refractivity contribution in [1.82, 2.24) is 0 Å². The first-order valence-electron chi connectivity index (χ1n) is 13.1. The maximum Gasteiger partial charge on any atom is 0.371 e. The second-order valence-electron chi connectivity index (χ2n) is 12.7. The molecule has 0 aromatic heterocycles. The molecule has 4 fully saturated rings. The van der Waals surface area contributed by atoms with Gasteiger partial charge in [-0.15, -0.1) is 0 Å². The minimum Gasteiger partial charge on any atom is -0.291 e. The summed E-state index contributed by atoms with van der Waals surface area (Å²) in [6.07, 6.45) is 13.7. The Labute approximate surface area is 184 Å². The van der Waals surface area contributed by atoms with Gasteiger partial charge in [-0.1, -0.05) is 53.9 Å². The van der Waals surface area contributed by atoms with Gasteiger partial charge < -0.3 is 0 Å². The van der Waals surface area contributed by atoms with E-state index in [9.17, 15) is 10.2 Å². The molecule has 0 heterocycles. The lowest BCUT2D eigenvalue weighted by molar-refractivity contribution is -0.141. The molecular weight excluding hydrogens is 368 g/mol. The second kappa shape index (κ2) is 8.22. The smallest absolute Gasteiger partial charge is 0.291 e. The van der Waals surface area contributed by atoms with Crippen LogP contribution < -0.4 is 0 Å². The number of hydrogen-bond donors (Lipinski definition) is 0. The minimum atomic E-state index is -0.462. The monoisotopic (exact) mass is 413 g/mol. The predicted octanol–water partition coefficient (Wildman–Crippen LogP) is 7.51. The number of hydrogen-bond acceptors (Lipinski definition) is 2. The van der Waals surface area contributed by atoms with Crippen molar-refractivity contribution in [1.29, 1.82) is 5.39 Å². The summed E-state index contributed by atoms with van der Waals surface area (Å²) in [6, 6.07) is -0.462. The Hall–Kier alpha value is -0.910. The zero-order valence-electron chi connectivity index (χ0n) is 20.2. The Morgan fingerprint density at radius 3 is 2.43 bits per heavy atom. The van der Waals surface area contributed by atoms with Crippen LogP contribution in [0.5, 0.6) is 0 Å². The number of nitrogens with zero attached hydrogens (tertiary/aromatic N) is 2. The van der Waals surface area contributed by atoms with E-state index in [0.29, 0.717) is 17.8 Å². The topological polar surface area (TPSA) is 45.2 Å². The molecule has 0 aromatic carbocycles. The highest BCUT2D eigenvalue weighted by Gasteiger charge is 2.63. The molecule has 0 bridgehead atoms. The summed E-state index contributed by atoms with van der Waals surface area (Å²) in [6.45, 7) is 12.3. The summed E-state index contributed by atoms with van der Waals surface area (Å²) in [5.41, 5.74) is 0.711. The molecule has 0 aliphatic heterocycles. The van der Waals surface area contributed by atoms with E-state index < -0.39 is 6.04 Å². The average molecular weight is 414 g/mol. The number of rotatable bonds is 5. The Kier molecular flexibility index (Phi) is 6.10. The van der Waals surface area contributed by atoms with Crippen molar-refractivity contribution >= 4 is 5.78 Å². The van der Waals surface area contributed by atoms with Crippen molar-refractivity contribution in [2.75, 3.05) is 0 Å². The molecule has 1 unspecified atom stereocenters. The predicted molar refractivity (Wildman–Crippen MR) is 122 cm³/mol. The number of carbonyl (C=O) groups excluding carboxylic acids is 1. The molecule has 0 amide bonds. The van der Waals surface area contributed by atoms with Gasteiger partial charge in [0, 0.05) is 12.8 Å². The van der Waals surface area contributed by atoms with Gasteiger partial charge in [0.05, 0.1) is 0 Å². The highest BCUT2D eigenvalue weighted by molar-refractivity contribution is 5.86. The third-order valence-electron chi connectivity index (χ3n) is 10.9. The van der Waals surface area contributed by atoms with Gasteiger partial charge >= 0.3 is 6.04 Å². The van der Waals surface area contributed by atoms with Crippen LogP contribution in [0.3, 0.4) is 0 Å². The Morgan fingerprint density at radius 2 is 1.73 bits per heavy atom. The number of fused-ring (bicyclic) bond motifs is 5. The van der Waals surface area contributed by atoms with E-state index in [-0.39, 0.29) is 11.2 Å². The van der Waals surface area contributed by atoms with E-state index in [2.05, 4.69) is 39.6 Å². The number of ketones is 1. The molecule has 0 aromatic rings. The zero-order chi connectivity index (χ0) is 21.7. The molecular formula is C27H45N2O+. The van der Waals surface area contributed by atoms with Crippen LogP contribution >= 0.6 is 0 Å². The Balaban J connectivity index is 1.49. The Morgan fingerprint density at radius 1 is 1.00 bits per heavy atom. The molecule has 3 nitrogen and oxygen atoms in total. The van der Waals surface area contributed by atoms with Gasteiger partial charge in [0.2, 0.25) is 11.2 Å². The molecule has 4 aliphatic carbocycles. The van der Waals surface area contributed by atoms with Crippen molar-refractivity contribution < 1.29 is 4.79 Å². The SMILES string of the molecule is CC(C)CCC[C@@H](C)[C@H]1CC[C@H]2[C@@H]3CC[C@H]4CC(=O)C([N+]#N)C[C@]4(C)[C@H]3CC[C@]12C. The van der Waals surface area contributed by atoms with Crippen LogP contribution in [0.2, 0.25) is 0 Å². The Bertz CT molecular complexity index is 695. The van der Waals surface area contributed by atoms with E-state index in [0.717, 1.165) is 41.9 Å². The maximum atomic E-state index is 12.4. The lowest BCUT2D eigenvalue weighted by atomic mass is 9.44. The maximum absolute atomic E-state index is 12.4. The highest BCUT2D eigenvalue weighted by atomic mass is 16.1. The van der Waals surface area contributed by atoms with Gasteiger partial charge in [-0.2, -0.15) is 0 Å². The molecule has 30 heavy (non-hydrogen) atoms. The van der Waals surface area contributed by atoms with Crippen molar-refractivity contribution in [3.05, 3.63) is 4.98 Å². The number of diazo groups is 1. The molecule has 4 saturated carbocycles. The fraction of sp³-hybridized carbons (Fsp3) is 0.963. The van der Waals surface area contributed by atoms with Gasteiger partial charge in [-0.3, -0.25) is 4.79 Å². The van der Waals surface area contributed by atoms with Gasteiger partial charge in [0.25, 0.3) is 0 Å². The summed E-state index contributed by atoms with van der Waals surface area (Å²) in [5.74, 6) is 5.69. The van der Waals surface area contributed by atoms with Gasteiger partial charge in [-0.05, 0) is 90.8 Å². The number of carbonyl (C=O) groups is 1. The standard InChI is InChI=1S/C27H45N2O/c1-17(2)7-6-8-18(3)21-11-12-22-20-10-9-19-15-25(30)24(29-28)16-27(19,5)23(20)13-14-26(21,22)4/h17-24H,6-16H2,1-5H3/q+1/t18-,19+,20+,21-,22+,23+,24?,26-,27+/m1/s1. The van der Waals surface area contributed by atoms with Crippen LogP contribution in [-0.4, -0.2) is 11.8 Å². The lowest BCUT2D eigenvalue weighted by Crippen LogP contribution is -2.55. The first-order valence-corrected chi connectivity index (χ1v) is 13.1. The molecule has 4 rings (SSSR count). The van der Waals surface area contributed by atoms with E-state index in [1.54, 1.807) is 0 Å². The van der Waals surface area contributed by atoms with Gasteiger partial charge in [0.1, 0.15) is 4.98 Å². The zero-order valence-corrected chi connectivity index (χ0v) is 20.2. The number of Topliss-reactive ketones (excluding diaryl/α,β-unsaturated/α-hetero) is 1. The third kappa shape index (κ3) is 3.55. The van der Waals surface area contributed by atoms with Gasteiger partial charge in [-0.25, -0.2) is 0 Å². The molecule has 168 valence electrons. The summed E-state index contributed by atoms with van der Waals surface area (Å²) in [5, 5.41) is 9.46. The molecule has 0 spiro atoms. The van der Waals surface area contributed by atoms with E-state index in [1.165, 1.54) is 57.8 Å². The molecule has 4 aliphatic rings. The minimum absolute atomic E-state index is 0.176. The van der Waals surface area contributed by atoms with Crippen LogP contribution in [0.4, 0.5) is 0 Å². The van der Waals surface area contributed by atoms with Crippen molar-refractivity contribution in [3.63, 3.8) is 0 Å². The van der Waals surface area contributed by atoms with Crippen molar-refractivity contribution in [2.24, 2.45) is 52.3 Å². The fourth-order valence-corrected chi connectivity index (χ4v) is 9.23. The summed E-state index contributed by atoms with van der Waals surface area (Å²) < 4.78 is 0. The largest absolute Gasteiger partial charge is 0.371 e. The average Bonchev–Trinajstić information content (AvgIpc) is 3.05. The molecule has 0 radical (unpaired) electrons. The quantitative estimate of drug-likeness (QED) is 0.438. The first kappa shape index (κ1) is 22.3. The summed E-state index contributed by atoms with van der Waals surface area (Å²) in [7, 11) is 0. The van der Waals surface area contributed by atoms with E-state index >= 15 is 0 Å². The molecule has 0 N–H and O–H groups in total. The van der Waals surface area contributed by atoms with Crippen LogP contribution in [0.25, 0.3) is 4.98 Å². The van der Waals surface area contributed by atoms with Crippen LogP contribution in [0.1, 0.15) is 105 Å². The fourth-order valence-electron chi connectivity index (χ4n) is 9.23. The van der Waals surface area contributed by atoms with Gasteiger partial charge in [0.15, 0.2) is 0 Å². The molecule has 3 heteroatoms. The summed E-state index contributed by atoms with van der Waals surface area (Å²) >= 11 is 0. The van der Waals surface area contributed by atoms with Crippen molar-refractivity contribution in [2.45, 2.75) is 111 Å².